The molecule has 5 nitrogen and oxygen atoms in total. The number of aromatic nitrogens is 3. The molecule has 1 N–H and O–H groups in total. The summed E-state index contributed by atoms with van der Waals surface area (Å²) < 4.78 is 2.19. The van der Waals surface area contributed by atoms with Gasteiger partial charge in [0.05, 0.1) is 12.0 Å². The van der Waals surface area contributed by atoms with Gasteiger partial charge in [-0.2, -0.15) is 0 Å². The number of fused-ring (bicyclic) bond motifs is 1. The molecule has 0 unspecified atom stereocenters. The number of carbonyl (C=O) groups is 1. The van der Waals surface area contributed by atoms with Crippen LogP contribution in [0.4, 0.5) is 0 Å². The molecule has 3 rings (SSSR count). The molecule has 2 heterocycles. The van der Waals surface area contributed by atoms with Crippen molar-refractivity contribution in [1.29, 1.82) is 0 Å². The fourth-order valence-electron chi connectivity index (χ4n) is 4.02. The van der Waals surface area contributed by atoms with Crippen LogP contribution in [0.15, 0.2) is 11.6 Å². The first-order valence-electron chi connectivity index (χ1n) is 9.11. The molecule has 0 bridgehead atoms. The van der Waals surface area contributed by atoms with Crippen LogP contribution in [0.2, 0.25) is 0 Å². The fraction of sp³-hybridized carbons (Fsp3) is 0.737. The Kier molecular flexibility index (Phi) is 4.30. The van der Waals surface area contributed by atoms with Crippen LogP contribution in [-0.2, 0) is 17.8 Å². The average Bonchev–Trinajstić information content (AvgIpc) is 2.87. The van der Waals surface area contributed by atoms with E-state index >= 15 is 0 Å². The standard InChI is InChI=1S/C19H30N4O/c1-11(2)10-13-15(19(13,5)6)18(24)20-16(12(3)4)17-22-21-14-8-7-9-23(14)17/h10,12-13,15-16H,7-9H2,1-6H3,(H,20,24)/t13-,15+,16-/m1/s1. The van der Waals surface area contributed by atoms with E-state index in [9.17, 15) is 4.79 Å². The molecule has 3 atom stereocenters. The van der Waals surface area contributed by atoms with Gasteiger partial charge >= 0.3 is 0 Å². The summed E-state index contributed by atoms with van der Waals surface area (Å²) in [5, 5.41) is 12.0. The topological polar surface area (TPSA) is 59.8 Å². The lowest BCUT2D eigenvalue weighted by atomic mass is 10.0. The van der Waals surface area contributed by atoms with E-state index in [1.165, 1.54) is 5.57 Å². The number of rotatable bonds is 5. The number of carbonyl (C=O) groups excluding carboxylic acids is 1. The largest absolute Gasteiger partial charge is 0.346 e. The Morgan fingerprint density at radius 1 is 1.33 bits per heavy atom. The molecule has 2 aliphatic rings. The molecule has 132 valence electrons. The third-order valence-corrected chi connectivity index (χ3v) is 5.59. The maximum absolute atomic E-state index is 12.9. The fourth-order valence-corrected chi connectivity index (χ4v) is 4.02. The van der Waals surface area contributed by atoms with E-state index in [2.05, 4.69) is 67.7 Å². The average molecular weight is 330 g/mol. The number of nitrogens with zero attached hydrogens (tertiary/aromatic N) is 3. The summed E-state index contributed by atoms with van der Waals surface area (Å²) in [6.45, 7) is 13.8. The molecule has 0 aromatic carbocycles. The second-order valence-electron chi connectivity index (χ2n) is 8.53. The zero-order valence-electron chi connectivity index (χ0n) is 15.8. The lowest BCUT2D eigenvalue weighted by Crippen LogP contribution is -2.35. The van der Waals surface area contributed by atoms with E-state index < -0.39 is 0 Å². The monoisotopic (exact) mass is 330 g/mol. The SMILES string of the molecule is CC(C)=C[C@@H]1[C@@H](C(=O)N[C@@H](c2nnc3n2CCC3)C(C)C)C1(C)C. The molecule has 1 aromatic heterocycles. The van der Waals surface area contributed by atoms with Gasteiger partial charge in [0.1, 0.15) is 5.82 Å². The molecule has 0 radical (unpaired) electrons. The molecule has 1 fully saturated rings. The quantitative estimate of drug-likeness (QED) is 0.843. The highest BCUT2D eigenvalue weighted by Crippen LogP contribution is 2.59. The highest BCUT2D eigenvalue weighted by atomic mass is 16.2. The summed E-state index contributed by atoms with van der Waals surface area (Å²) in [4.78, 5) is 12.9. The van der Waals surface area contributed by atoms with Gasteiger partial charge in [0.15, 0.2) is 5.82 Å². The van der Waals surface area contributed by atoms with Gasteiger partial charge in [-0.25, -0.2) is 0 Å². The first-order valence-corrected chi connectivity index (χ1v) is 9.11. The van der Waals surface area contributed by atoms with Crippen molar-refractivity contribution in [3.63, 3.8) is 0 Å². The summed E-state index contributed by atoms with van der Waals surface area (Å²) in [7, 11) is 0. The summed E-state index contributed by atoms with van der Waals surface area (Å²) >= 11 is 0. The maximum Gasteiger partial charge on any atom is 0.224 e. The first-order chi connectivity index (χ1) is 11.2. The van der Waals surface area contributed by atoms with E-state index in [1.54, 1.807) is 0 Å². The molecular formula is C19H30N4O. The number of amides is 1. The minimum Gasteiger partial charge on any atom is -0.346 e. The van der Waals surface area contributed by atoms with E-state index in [0.29, 0.717) is 5.92 Å². The number of allylic oxidation sites excluding steroid dienone is 2. The third-order valence-electron chi connectivity index (χ3n) is 5.59. The minimum absolute atomic E-state index is 0.0374. The zero-order valence-corrected chi connectivity index (χ0v) is 15.8. The van der Waals surface area contributed by atoms with Gasteiger partial charge < -0.3 is 9.88 Å². The number of aryl methyl sites for hydroxylation is 1. The molecular weight excluding hydrogens is 300 g/mol. The van der Waals surface area contributed by atoms with Gasteiger partial charge in [-0.15, -0.1) is 10.2 Å². The molecule has 1 aliphatic carbocycles. The van der Waals surface area contributed by atoms with Gasteiger partial charge in [-0.05, 0) is 37.5 Å². The predicted octanol–water partition coefficient (Wildman–Crippen LogP) is 3.28. The molecule has 0 saturated heterocycles. The second-order valence-corrected chi connectivity index (χ2v) is 8.53. The minimum atomic E-state index is -0.0689. The predicted molar refractivity (Wildman–Crippen MR) is 94.3 cm³/mol. The van der Waals surface area contributed by atoms with Gasteiger partial charge in [-0.3, -0.25) is 4.79 Å². The van der Waals surface area contributed by atoms with Crippen molar-refractivity contribution in [2.45, 2.75) is 67.0 Å². The van der Waals surface area contributed by atoms with Crippen molar-refractivity contribution in [3.05, 3.63) is 23.3 Å². The molecule has 5 heteroatoms. The summed E-state index contributed by atoms with van der Waals surface area (Å²) in [5.74, 6) is 2.79. The summed E-state index contributed by atoms with van der Waals surface area (Å²) in [6.07, 6.45) is 4.35. The van der Waals surface area contributed by atoms with Crippen LogP contribution >= 0.6 is 0 Å². The number of hydrogen-bond acceptors (Lipinski definition) is 3. The Morgan fingerprint density at radius 3 is 2.67 bits per heavy atom. The van der Waals surface area contributed by atoms with Crippen molar-refractivity contribution < 1.29 is 4.79 Å². The van der Waals surface area contributed by atoms with Gasteiger partial charge in [0, 0.05) is 13.0 Å². The first kappa shape index (κ1) is 17.2. The van der Waals surface area contributed by atoms with Gasteiger partial charge in [0.2, 0.25) is 5.91 Å². The molecule has 1 aliphatic heterocycles. The lowest BCUT2D eigenvalue weighted by Gasteiger charge is -2.22. The van der Waals surface area contributed by atoms with Crippen molar-refractivity contribution >= 4 is 5.91 Å². The van der Waals surface area contributed by atoms with E-state index in [0.717, 1.165) is 31.0 Å². The van der Waals surface area contributed by atoms with Crippen molar-refractivity contribution in [1.82, 2.24) is 20.1 Å². The van der Waals surface area contributed by atoms with Crippen LogP contribution in [0.25, 0.3) is 0 Å². The molecule has 0 spiro atoms. The Labute approximate surface area is 144 Å². The Bertz CT molecular complexity index is 667. The van der Waals surface area contributed by atoms with Crippen LogP contribution in [0.3, 0.4) is 0 Å². The van der Waals surface area contributed by atoms with Crippen LogP contribution in [-0.4, -0.2) is 20.7 Å². The highest BCUT2D eigenvalue weighted by Gasteiger charge is 2.60. The molecule has 1 amide bonds. The highest BCUT2D eigenvalue weighted by molar-refractivity contribution is 5.84. The van der Waals surface area contributed by atoms with Crippen molar-refractivity contribution in [2.75, 3.05) is 0 Å². The Morgan fingerprint density at radius 2 is 2.04 bits per heavy atom. The number of nitrogens with one attached hydrogen (secondary N) is 1. The van der Waals surface area contributed by atoms with Crippen molar-refractivity contribution in [2.24, 2.45) is 23.2 Å². The Hall–Kier alpha value is -1.65. The zero-order chi connectivity index (χ0) is 17.6. The van der Waals surface area contributed by atoms with Crippen LogP contribution in [0.1, 0.15) is 65.7 Å². The van der Waals surface area contributed by atoms with E-state index in [1.807, 2.05) is 0 Å². The molecule has 1 aromatic rings. The molecule has 24 heavy (non-hydrogen) atoms. The normalized spacial score (nSPS) is 25.3. The third kappa shape index (κ3) is 2.89. The summed E-state index contributed by atoms with van der Waals surface area (Å²) in [6, 6.07) is -0.0689. The van der Waals surface area contributed by atoms with Crippen LogP contribution in [0.5, 0.6) is 0 Å². The second kappa shape index (κ2) is 6.01. The van der Waals surface area contributed by atoms with Crippen molar-refractivity contribution in [3.8, 4) is 0 Å². The van der Waals surface area contributed by atoms with E-state index in [4.69, 9.17) is 0 Å². The Balaban J connectivity index is 1.77. The molecule has 1 saturated carbocycles. The summed E-state index contributed by atoms with van der Waals surface area (Å²) in [5.41, 5.74) is 1.31. The van der Waals surface area contributed by atoms with E-state index in [-0.39, 0.29) is 29.2 Å². The van der Waals surface area contributed by atoms with Crippen LogP contribution < -0.4 is 5.32 Å². The number of hydrogen-bond donors (Lipinski definition) is 1. The maximum atomic E-state index is 12.9. The van der Waals surface area contributed by atoms with Gasteiger partial charge in [-0.1, -0.05) is 39.3 Å². The smallest absolute Gasteiger partial charge is 0.224 e. The van der Waals surface area contributed by atoms with Gasteiger partial charge in [0.25, 0.3) is 0 Å². The lowest BCUT2D eigenvalue weighted by molar-refractivity contribution is -0.124. The van der Waals surface area contributed by atoms with Crippen LogP contribution in [0, 0.1) is 23.2 Å².